The summed E-state index contributed by atoms with van der Waals surface area (Å²) in [6.07, 6.45) is 4.58. The molecule has 5 nitrogen and oxygen atoms in total. The van der Waals surface area contributed by atoms with Crippen LogP contribution in [0.2, 0.25) is 0 Å². The second-order valence-electron chi connectivity index (χ2n) is 6.11. The van der Waals surface area contributed by atoms with Crippen LogP contribution in [0.4, 0.5) is 0 Å². The predicted molar refractivity (Wildman–Crippen MR) is 73.7 cm³/mol. The average Bonchev–Trinajstić information content (AvgIpc) is 2.80. The van der Waals surface area contributed by atoms with Crippen molar-refractivity contribution in [3.8, 4) is 0 Å². The number of nitrogens with one attached hydrogen (secondary N) is 1. The number of rotatable bonds is 4. The van der Waals surface area contributed by atoms with E-state index in [9.17, 15) is 9.59 Å². The van der Waals surface area contributed by atoms with E-state index in [1.54, 1.807) is 4.90 Å². The molecule has 0 aromatic carbocycles. The van der Waals surface area contributed by atoms with Crippen molar-refractivity contribution in [2.24, 2.45) is 0 Å². The first kappa shape index (κ1) is 14.3. The van der Waals surface area contributed by atoms with E-state index in [0.717, 1.165) is 38.6 Å². The molecule has 1 heterocycles. The van der Waals surface area contributed by atoms with Gasteiger partial charge in [0, 0.05) is 6.54 Å². The van der Waals surface area contributed by atoms with Crippen LogP contribution in [0.25, 0.3) is 0 Å². The Balaban J connectivity index is 2.06. The standard InChI is InChI=1S/C14H25N3O2/c1-11-12(18)15-14(7-4-5-8-14)13(19)17(11)10-6-9-16(2)3/h11H,4-10H2,1-3H3,(H,15,18). The fourth-order valence-electron chi connectivity index (χ4n) is 3.16. The van der Waals surface area contributed by atoms with Crippen LogP contribution in [0.5, 0.6) is 0 Å². The fraction of sp³-hybridized carbons (Fsp3) is 0.857. The Morgan fingerprint density at radius 2 is 1.95 bits per heavy atom. The Kier molecular flexibility index (Phi) is 4.13. The highest BCUT2D eigenvalue weighted by atomic mass is 16.2. The quantitative estimate of drug-likeness (QED) is 0.811. The summed E-state index contributed by atoms with van der Waals surface area (Å²) in [5, 5.41) is 2.98. The van der Waals surface area contributed by atoms with Crippen molar-refractivity contribution in [3.63, 3.8) is 0 Å². The van der Waals surface area contributed by atoms with Gasteiger partial charge >= 0.3 is 0 Å². The summed E-state index contributed by atoms with van der Waals surface area (Å²) in [5.74, 6) is 0.141. The number of piperazine rings is 1. The molecule has 5 heteroatoms. The molecule has 1 saturated carbocycles. The van der Waals surface area contributed by atoms with Gasteiger partial charge in [-0.2, -0.15) is 0 Å². The zero-order chi connectivity index (χ0) is 14.0. The van der Waals surface area contributed by atoms with E-state index in [1.807, 2.05) is 21.0 Å². The molecular formula is C14H25N3O2. The molecular weight excluding hydrogens is 242 g/mol. The molecule has 0 radical (unpaired) electrons. The molecule has 1 atom stereocenters. The lowest BCUT2D eigenvalue weighted by atomic mass is 9.91. The summed E-state index contributed by atoms with van der Waals surface area (Å²) in [6, 6.07) is -0.333. The monoisotopic (exact) mass is 267 g/mol. The Hall–Kier alpha value is -1.10. The molecule has 2 aliphatic rings. The predicted octanol–water partition coefficient (Wildman–Crippen LogP) is 0.598. The minimum Gasteiger partial charge on any atom is -0.340 e. The molecule has 0 aromatic rings. The lowest BCUT2D eigenvalue weighted by molar-refractivity contribution is -0.154. The summed E-state index contributed by atoms with van der Waals surface area (Å²) < 4.78 is 0. The highest BCUT2D eigenvalue weighted by Gasteiger charge is 2.50. The Labute approximate surface area is 115 Å². The number of carbonyl (C=O) groups is 2. The molecule has 1 spiro atoms. The first-order valence-electron chi connectivity index (χ1n) is 7.24. The van der Waals surface area contributed by atoms with Crippen LogP contribution in [0.3, 0.4) is 0 Å². The molecule has 1 N–H and O–H groups in total. The number of carbonyl (C=O) groups excluding carboxylic acids is 2. The largest absolute Gasteiger partial charge is 0.340 e. The third-order valence-electron chi connectivity index (χ3n) is 4.34. The maximum Gasteiger partial charge on any atom is 0.248 e. The number of hydrogen-bond acceptors (Lipinski definition) is 3. The molecule has 2 amide bonds. The highest BCUT2D eigenvalue weighted by molar-refractivity contribution is 5.99. The van der Waals surface area contributed by atoms with Gasteiger partial charge in [-0.15, -0.1) is 0 Å². The summed E-state index contributed by atoms with van der Waals surface area (Å²) >= 11 is 0. The molecule has 19 heavy (non-hydrogen) atoms. The molecule has 0 aromatic heterocycles. The van der Waals surface area contributed by atoms with E-state index in [0.29, 0.717) is 6.54 Å². The zero-order valence-electron chi connectivity index (χ0n) is 12.2. The molecule has 2 rings (SSSR count). The molecule has 1 aliphatic carbocycles. The van der Waals surface area contributed by atoms with Crippen molar-refractivity contribution in [3.05, 3.63) is 0 Å². The van der Waals surface area contributed by atoms with Crippen molar-refractivity contribution >= 4 is 11.8 Å². The second-order valence-corrected chi connectivity index (χ2v) is 6.11. The third-order valence-corrected chi connectivity index (χ3v) is 4.34. The molecule has 1 saturated heterocycles. The van der Waals surface area contributed by atoms with Gasteiger partial charge in [-0.1, -0.05) is 12.8 Å². The average molecular weight is 267 g/mol. The number of amides is 2. The van der Waals surface area contributed by atoms with E-state index in [1.165, 1.54) is 0 Å². The van der Waals surface area contributed by atoms with Crippen molar-refractivity contribution in [2.75, 3.05) is 27.2 Å². The van der Waals surface area contributed by atoms with Gasteiger partial charge in [0.25, 0.3) is 0 Å². The Morgan fingerprint density at radius 3 is 2.53 bits per heavy atom. The topological polar surface area (TPSA) is 52.7 Å². The van der Waals surface area contributed by atoms with E-state index >= 15 is 0 Å². The van der Waals surface area contributed by atoms with Crippen LogP contribution in [0, 0.1) is 0 Å². The summed E-state index contributed by atoms with van der Waals surface area (Å²) in [7, 11) is 4.04. The highest BCUT2D eigenvalue weighted by Crippen LogP contribution is 2.34. The van der Waals surface area contributed by atoms with Crippen LogP contribution in [0.15, 0.2) is 0 Å². The van der Waals surface area contributed by atoms with E-state index in [4.69, 9.17) is 0 Å². The summed E-state index contributed by atoms with van der Waals surface area (Å²) in [5.41, 5.74) is -0.582. The van der Waals surface area contributed by atoms with Gasteiger partial charge in [0.05, 0.1) is 0 Å². The van der Waals surface area contributed by atoms with Gasteiger partial charge in [-0.05, 0) is 46.8 Å². The smallest absolute Gasteiger partial charge is 0.248 e. The number of hydrogen-bond donors (Lipinski definition) is 1. The SMILES string of the molecule is CC1C(=O)NC2(CCCC2)C(=O)N1CCCN(C)C. The first-order chi connectivity index (χ1) is 8.96. The van der Waals surface area contributed by atoms with Gasteiger partial charge in [0.15, 0.2) is 0 Å². The van der Waals surface area contributed by atoms with E-state index < -0.39 is 5.54 Å². The van der Waals surface area contributed by atoms with Crippen molar-refractivity contribution in [1.82, 2.24) is 15.1 Å². The maximum atomic E-state index is 12.7. The van der Waals surface area contributed by atoms with Crippen molar-refractivity contribution in [1.29, 1.82) is 0 Å². The fourth-order valence-corrected chi connectivity index (χ4v) is 3.16. The van der Waals surface area contributed by atoms with Crippen LogP contribution >= 0.6 is 0 Å². The molecule has 1 unspecified atom stereocenters. The Bertz CT molecular complexity index is 362. The van der Waals surface area contributed by atoms with Gasteiger partial charge in [0.1, 0.15) is 11.6 Å². The third kappa shape index (κ3) is 2.76. The van der Waals surface area contributed by atoms with Crippen LogP contribution in [-0.2, 0) is 9.59 Å². The lowest BCUT2D eigenvalue weighted by Gasteiger charge is -2.43. The summed E-state index contributed by atoms with van der Waals surface area (Å²) in [4.78, 5) is 28.7. The van der Waals surface area contributed by atoms with Gasteiger partial charge in [-0.3, -0.25) is 9.59 Å². The minimum atomic E-state index is -0.582. The molecule has 1 aliphatic heterocycles. The van der Waals surface area contributed by atoms with Crippen LogP contribution in [-0.4, -0.2) is 60.4 Å². The molecule has 108 valence electrons. The van der Waals surface area contributed by atoms with E-state index in [-0.39, 0.29) is 17.9 Å². The first-order valence-corrected chi connectivity index (χ1v) is 7.24. The zero-order valence-corrected chi connectivity index (χ0v) is 12.2. The minimum absolute atomic E-state index is 0.00588. The van der Waals surface area contributed by atoms with Gasteiger partial charge in [-0.25, -0.2) is 0 Å². The van der Waals surface area contributed by atoms with Crippen LogP contribution in [0.1, 0.15) is 39.0 Å². The maximum absolute atomic E-state index is 12.7. The second kappa shape index (κ2) is 5.49. The Morgan fingerprint density at radius 1 is 1.32 bits per heavy atom. The lowest BCUT2D eigenvalue weighted by Crippen LogP contribution is -2.68. The van der Waals surface area contributed by atoms with Crippen molar-refractivity contribution < 1.29 is 9.59 Å². The number of nitrogens with zero attached hydrogens (tertiary/aromatic N) is 2. The summed E-state index contributed by atoms with van der Waals surface area (Å²) in [6.45, 7) is 3.43. The van der Waals surface area contributed by atoms with E-state index in [2.05, 4.69) is 10.2 Å². The normalized spacial score (nSPS) is 26.3. The molecule has 0 bridgehead atoms. The van der Waals surface area contributed by atoms with Crippen LogP contribution < -0.4 is 5.32 Å². The van der Waals surface area contributed by atoms with Gasteiger partial charge in [0.2, 0.25) is 11.8 Å². The van der Waals surface area contributed by atoms with Gasteiger partial charge < -0.3 is 15.1 Å². The molecule has 2 fully saturated rings. The van der Waals surface area contributed by atoms with Crippen molar-refractivity contribution in [2.45, 2.75) is 50.6 Å².